The highest BCUT2D eigenvalue weighted by atomic mass is 16.5. The highest BCUT2D eigenvalue weighted by molar-refractivity contribution is 6.16. The topological polar surface area (TPSA) is 123 Å². The molecule has 150 valence electrons. The van der Waals surface area contributed by atoms with E-state index in [0.29, 0.717) is 39.6 Å². The smallest absolute Gasteiger partial charge is 0.434 e. The van der Waals surface area contributed by atoms with Gasteiger partial charge in [-0.05, 0) is 18.6 Å². The van der Waals surface area contributed by atoms with E-state index in [-0.39, 0.29) is 23.7 Å². The Kier molecular flexibility index (Phi) is 5.87. The van der Waals surface area contributed by atoms with Crippen LogP contribution in [-0.2, 0) is 14.3 Å². The maximum atomic E-state index is 12.4. The number of nitrogens with zero attached hydrogens (tertiary/aromatic N) is 2. The zero-order valence-electron chi connectivity index (χ0n) is 16.2. The van der Waals surface area contributed by atoms with Gasteiger partial charge in [0.25, 0.3) is 0 Å². The number of carbonyl (C=O) groups excluding carboxylic acids is 3. The van der Waals surface area contributed by atoms with E-state index in [1.54, 1.807) is 12.3 Å². The van der Waals surface area contributed by atoms with Crippen molar-refractivity contribution in [1.82, 2.24) is 9.97 Å². The Morgan fingerprint density at radius 2 is 2.10 bits per heavy atom. The van der Waals surface area contributed by atoms with Crippen LogP contribution >= 0.6 is 0 Å². The summed E-state index contributed by atoms with van der Waals surface area (Å²) in [7, 11) is 1.44. The standard InChI is InChI=1S/C20H20N4O5/c1-4-6-29-20(27)24-14-9-15(22-11(2)25)19-17-12(10-21-18(14)17)8-13(23-19)16(26)5-7-28-3/h5,7-10,23H,4,6H2,1-3H3,(H,22,25)/b7-5-,24-14-. The van der Waals surface area contributed by atoms with E-state index in [4.69, 9.17) is 9.47 Å². The number of pyridine rings is 1. The third-order valence-electron chi connectivity index (χ3n) is 4.03. The lowest BCUT2D eigenvalue weighted by Gasteiger charge is -2.10. The number of hydrogen-bond donors (Lipinski definition) is 2. The first-order valence-electron chi connectivity index (χ1n) is 8.95. The van der Waals surface area contributed by atoms with Crippen LogP contribution in [0, 0.1) is 0 Å². The van der Waals surface area contributed by atoms with Crippen molar-refractivity contribution in [2.45, 2.75) is 20.3 Å². The summed E-state index contributed by atoms with van der Waals surface area (Å²) in [6.45, 7) is 3.50. The predicted molar refractivity (Wildman–Crippen MR) is 107 cm³/mol. The second-order valence-corrected chi connectivity index (χ2v) is 6.25. The molecule has 0 aliphatic carbocycles. The quantitative estimate of drug-likeness (QED) is 0.375. The number of anilines is 1. The number of aromatic nitrogens is 2. The molecule has 0 bridgehead atoms. The lowest BCUT2D eigenvalue weighted by molar-refractivity contribution is -0.114. The molecule has 2 amide bonds. The normalized spacial score (nSPS) is 12.0. The van der Waals surface area contributed by atoms with E-state index in [2.05, 4.69) is 20.3 Å². The van der Waals surface area contributed by atoms with E-state index in [0.717, 1.165) is 0 Å². The number of H-pyrrole nitrogens is 1. The fourth-order valence-electron chi connectivity index (χ4n) is 2.88. The van der Waals surface area contributed by atoms with Crippen LogP contribution in [0.1, 0.15) is 30.8 Å². The first kappa shape index (κ1) is 20.0. The summed E-state index contributed by atoms with van der Waals surface area (Å²) in [5.74, 6) is -0.623. The first-order valence-corrected chi connectivity index (χ1v) is 8.95. The third-order valence-corrected chi connectivity index (χ3v) is 4.03. The van der Waals surface area contributed by atoms with Crippen LogP contribution in [0.2, 0.25) is 0 Å². The SMILES string of the molecule is CCCOC(=O)/N=c1/cc(NC(C)=O)c2[nH]c(C(=O)/C=C\OC)cc3cnc1c32. The van der Waals surface area contributed by atoms with Gasteiger partial charge in [-0.2, -0.15) is 4.99 Å². The van der Waals surface area contributed by atoms with Gasteiger partial charge < -0.3 is 19.8 Å². The van der Waals surface area contributed by atoms with Gasteiger partial charge in [-0.25, -0.2) is 4.79 Å². The van der Waals surface area contributed by atoms with Gasteiger partial charge in [0.2, 0.25) is 11.7 Å². The van der Waals surface area contributed by atoms with Crippen molar-refractivity contribution >= 4 is 45.3 Å². The van der Waals surface area contributed by atoms with E-state index < -0.39 is 6.09 Å². The predicted octanol–water partition coefficient (Wildman–Crippen LogP) is 2.90. The van der Waals surface area contributed by atoms with Crippen molar-refractivity contribution in [3.05, 3.63) is 41.7 Å². The van der Waals surface area contributed by atoms with Crippen molar-refractivity contribution in [2.24, 2.45) is 4.99 Å². The largest absolute Gasteiger partial charge is 0.504 e. The minimum absolute atomic E-state index is 0.257. The monoisotopic (exact) mass is 396 g/mol. The number of rotatable bonds is 6. The average Bonchev–Trinajstić information content (AvgIpc) is 3.12. The van der Waals surface area contributed by atoms with Gasteiger partial charge in [-0.3, -0.25) is 14.6 Å². The van der Waals surface area contributed by atoms with Crippen molar-refractivity contribution < 1.29 is 23.9 Å². The molecular weight excluding hydrogens is 376 g/mol. The van der Waals surface area contributed by atoms with Crippen LogP contribution in [-0.4, -0.2) is 41.5 Å². The van der Waals surface area contributed by atoms with Crippen LogP contribution in [0.3, 0.4) is 0 Å². The molecule has 2 heterocycles. The maximum Gasteiger partial charge on any atom is 0.434 e. The van der Waals surface area contributed by atoms with Crippen molar-refractivity contribution in [3.8, 4) is 0 Å². The Morgan fingerprint density at radius 1 is 1.31 bits per heavy atom. The Labute approximate surface area is 165 Å². The number of carbonyl (C=O) groups is 3. The van der Waals surface area contributed by atoms with E-state index in [1.165, 1.54) is 32.4 Å². The van der Waals surface area contributed by atoms with E-state index in [1.807, 2.05) is 6.92 Å². The zero-order chi connectivity index (χ0) is 21.0. The van der Waals surface area contributed by atoms with Gasteiger partial charge in [0.1, 0.15) is 0 Å². The van der Waals surface area contributed by atoms with Crippen molar-refractivity contribution in [2.75, 3.05) is 19.0 Å². The second kappa shape index (κ2) is 8.51. The molecule has 0 radical (unpaired) electrons. The Morgan fingerprint density at radius 3 is 2.79 bits per heavy atom. The molecule has 0 saturated heterocycles. The lowest BCUT2D eigenvalue weighted by Crippen LogP contribution is -2.14. The molecule has 0 aliphatic rings. The molecule has 2 N–H and O–H groups in total. The Bertz CT molecular complexity index is 1180. The summed E-state index contributed by atoms with van der Waals surface area (Å²) in [5.41, 5.74) is 1.62. The molecule has 0 unspecified atom stereocenters. The number of methoxy groups -OCH3 is 1. The number of ketones is 1. The number of benzene rings is 1. The summed E-state index contributed by atoms with van der Waals surface area (Å²) in [4.78, 5) is 47.4. The minimum atomic E-state index is -0.736. The molecule has 3 rings (SSSR count). The number of allylic oxidation sites excluding steroid dienone is 1. The average molecular weight is 396 g/mol. The first-order chi connectivity index (χ1) is 13.9. The fourth-order valence-corrected chi connectivity index (χ4v) is 2.88. The molecule has 3 aromatic rings. The molecule has 0 saturated carbocycles. The summed E-state index contributed by atoms with van der Waals surface area (Å²) < 4.78 is 9.81. The summed E-state index contributed by atoms with van der Waals surface area (Å²) in [5, 5.41) is 4.28. The molecule has 0 aliphatic heterocycles. The number of ether oxygens (including phenoxy) is 2. The van der Waals surface area contributed by atoms with Crippen LogP contribution in [0.25, 0.3) is 21.8 Å². The minimum Gasteiger partial charge on any atom is -0.504 e. The molecular formula is C20H20N4O5. The molecule has 0 fully saturated rings. The van der Waals surface area contributed by atoms with Crippen LogP contribution in [0.5, 0.6) is 0 Å². The molecule has 9 heteroatoms. The van der Waals surface area contributed by atoms with Gasteiger partial charge in [-0.1, -0.05) is 6.92 Å². The van der Waals surface area contributed by atoms with Gasteiger partial charge in [-0.15, -0.1) is 0 Å². The Hall–Kier alpha value is -3.75. The van der Waals surface area contributed by atoms with Crippen molar-refractivity contribution in [3.63, 3.8) is 0 Å². The number of nitrogens with one attached hydrogen (secondary N) is 2. The van der Waals surface area contributed by atoms with Crippen LogP contribution < -0.4 is 10.7 Å². The molecule has 0 spiro atoms. The van der Waals surface area contributed by atoms with E-state index in [9.17, 15) is 14.4 Å². The number of amides is 2. The third kappa shape index (κ3) is 4.23. The molecule has 1 aromatic carbocycles. The van der Waals surface area contributed by atoms with E-state index >= 15 is 0 Å². The number of hydrogen-bond acceptors (Lipinski definition) is 6. The molecule has 9 nitrogen and oxygen atoms in total. The van der Waals surface area contributed by atoms with Gasteiger partial charge >= 0.3 is 6.09 Å². The van der Waals surface area contributed by atoms with Gasteiger partial charge in [0.15, 0.2) is 0 Å². The van der Waals surface area contributed by atoms with Crippen LogP contribution in [0.4, 0.5) is 10.5 Å². The zero-order valence-corrected chi connectivity index (χ0v) is 16.2. The fraction of sp³-hybridized carbons (Fsp3) is 0.250. The van der Waals surface area contributed by atoms with Crippen LogP contribution in [0.15, 0.2) is 35.7 Å². The Balaban J connectivity index is 2.24. The maximum absolute atomic E-state index is 12.4. The lowest BCUT2D eigenvalue weighted by atomic mass is 10.1. The van der Waals surface area contributed by atoms with Gasteiger partial charge in [0, 0.05) is 30.0 Å². The summed E-state index contributed by atoms with van der Waals surface area (Å²) in [6, 6.07) is 3.16. The summed E-state index contributed by atoms with van der Waals surface area (Å²) >= 11 is 0. The highest BCUT2D eigenvalue weighted by Crippen LogP contribution is 2.29. The van der Waals surface area contributed by atoms with Crippen molar-refractivity contribution in [1.29, 1.82) is 0 Å². The molecule has 29 heavy (non-hydrogen) atoms. The highest BCUT2D eigenvalue weighted by Gasteiger charge is 2.17. The molecule has 0 atom stereocenters. The number of aromatic amines is 1. The summed E-state index contributed by atoms with van der Waals surface area (Å²) in [6.07, 6.45) is 4.08. The second-order valence-electron chi connectivity index (χ2n) is 6.25. The molecule has 2 aromatic heterocycles. The van der Waals surface area contributed by atoms with Gasteiger partial charge in [0.05, 0.1) is 47.8 Å².